The molecule has 0 unspecified atom stereocenters. The van der Waals surface area contributed by atoms with Crippen LogP contribution in [-0.2, 0) is 9.53 Å². The van der Waals surface area contributed by atoms with Gasteiger partial charge < -0.3 is 9.84 Å². The van der Waals surface area contributed by atoms with E-state index in [1.165, 1.54) is 12.8 Å². The SMILES string of the molecule is CC(C)[C@@]1(C)CC[C@@](C)([C@@H]2CC[C@]3(C)[C@H]2C[C@@H](O)[C@@H]2[C@@]4(C)CCC(=O)C(C)(C)[C@@H]4CC[C@@]23C)O1. The molecule has 1 N–H and O–H groups in total. The Morgan fingerprint density at radius 1 is 0.853 bits per heavy atom. The van der Waals surface area contributed by atoms with Crippen LogP contribution in [0.3, 0.4) is 0 Å². The Morgan fingerprint density at radius 2 is 1.50 bits per heavy atom. The molecular formula is C31H52O3. The zero-order chi connectivity index (χ0) is 25.1. The van der Waals surface area contributed by atoms with Crippen molar-refractivity contribution in [2.24, 2.45) is 51.2 Å². The Morgan fingerprint density at radius 3 is 2.12 bits per heavy atom. The molecular weight excluding hydrogens is 420 g/mol. The largest absolute Gasteiger partial charge is 0.393 e. The molecule has 3 nitrogen and oxygen atoms in total. The van der Waals surface area contributed by atoms with Gasteiger partial charge in [0.05, 0.1) is 17.3 Å². The van der Waals surface area contributed by atoms with Crippen LogP contribution in [0, 0.1) is 51.2 Å². The third kappa shape index (κ3) is 2.98. The van der Waals surface area contributed by atoms with Crippen molar-refractivity contribution in [3.05, 3.63) is 0 Å². The molecule has 5 aliphatic rings. The second-order valence-corrected chi connectivity index (χ2v) is 15.5. The molecule has 3 heteroatoms. The maximum absolute atomic E-state index is 12.9. The molecule has 34 heavy (non-hydrogen) atoms. The van der Waals surface area contributed by atoms with Crippen LogP contribution in [0.1, 0.15) is 120 Å². The molecule has 0 aromatic heterocycles. The van der Waals surface area contributed by atoms with Crippen LogP contribution >= 0.6 is 0 Å². The van der Waals surface area contributed by atoms with Crippen molar-refractivity contribution in [3.8, 4) is 0 Å². The summed E-state index contributed by atoms with van der Waals surface area (Å²) in [5.74, 6) is 2.67. The van der Waals surface area contributed by atoms with E-state index < -0.39 is 0 Å². The smallest absolute Gasteiger partial charge is 0.138 e. The van der Waals surface area contributed by atoms with Crippen molar-refractivity contribution < 1.29 is 14.6 Å². The monoisotopic (exact) mass is 472 g/mol. The summed E-state index contributed by atoms with van der Waals surface area (Å²) < 4.78 is 7.01. The summed E-state index contributed by atoms with van der Waals surface area (Å²) in [6, 6.07) is 0. The Labute approximate surface area is 209 Å². The van der Waals surface area contributed by atoms with Gasteiger partial charge in [-0.05, 0) is 111 Å². The van der Waals surface area contributed by atoms with Crippen LogP contribution in [0.25, 0.3) is 0 Å². The van der Waals surface area contributed by atoms with Gasteiger partial charge in [0.15, 0.2) is 0 Å². The Balaban J connectivity index is 1.50. The number of Topliss-reactive ketones (excluding diaryl/α,β-unsaturated/α-hetero) is 1. The van der Waals surface area contributed by atoms with Crippen LogP contribution in [0.4, 0.5) is 0 Å². The maximum atomic E-state index is 12.9. The molecule has 194 valence electrons. The van der Waals surface area contributed by atoms with Gasteiger partial charge in [-0.25, -0.2) is 0 Å². The average Bonchev–Trinajstić information content (AvgIpc) is 3.24. The van der Waals surface area contributed by atoms with E-state index in [-0.39, 0.29) is 44.9 Å². The zero-order valence-electron chi connectivity index (χ0n) is 23.6. The third-order valence-corrected chi connectivity index (χ3v) is 13.7. The summed E-state index contributed by atoms with van der Waals surface area (Å²) in [6.07, 6.45) is 9.31. The first-order valence-electron chi connectivity index (χ1n) is 14.5. The number of hydrogen-bond acceptors (Lipinski definition) is 3. The standard InChI is InChI=1S/C31H52O3/c1-19(2)30(8)16-17-31(9,34-30)20-10-14-28(6)21(20)18-22(32)25-27(5)13-12-24(33)26(3,4)23(27)11-15-29(25,28)7/h19-23,25,32H,10-18H2,1-9H3/t20-,21+,22-,23+,25-,27+,28-,29+,30-,31+/m1/s1. The topological polar surface area (TPSA) is 46.5 Å². The molecule has 4 aliphatic carbocycles. The summed E-state index contributed by atoms with van der Waals surface area (Å²) in [5.41, 5.74) is 0.00668. The van der Waals surface area contributed by atoms with Crippen LogP contribution in [0.5, 0.6) is 0 Å². The number of carbonyl (C=O) groups excluding carboxylic acids is 1. The number of aliphatic hydroxyl groups excluding tert-OH is 1. The van der Waals surface area contributed by atoms with E-state index in [0.717, 1.165) is 38.5 Å². The minimum absolute atomic E-state index is 0.0286. The van der Waals surface area contributed by atoms with Gasteiger partial charge in [0.25, 0.3) is 0 Å². The van der Waals surface area contributed by atoms with Crippen molar-refractivity contribution in [1.82, 2.24) is 0 Å². The van der Waals surface area contributed by atoms with Gasteiger partial charge in [0.1, 0.15) is 5.78 Å². The third-order valence-electron chi connectivity index (χ3n) is 13.7. The normalized spacial score (nSPS) is 56.8. The second-order valence-electron chi connectivity index (χ2n) is 15.5. The molecule has 0 aromatic carbocycles. The molecule has 5 rings (SSSR count). The fourth-order valence-electron chi connectivity index (χ4n) is 11.1. The molecule has 0 radical (unpaired) electrons. The quantitative estimate of drug-likeness (QED) is 0.462. The van der Waals surface area contributed by atoms with Crippen LogP contribution in [-0.4, -0.2) is 28.2 Å². The number of aliphatic hydroxyl groups is 1. The van der Waals surface area contributed by atoms with Gasteiger partial charge in [-0.15, -0.1) is 0 Å². The van der Waals surface area contributed by atoms with Crippen molar-refractivity contribution in [3.63, 3.8) is 0 Å². The highest BCUT2D eigenvalue weighted by molar-refractivity contribution is 5.85. The van der Waals surface area contributed by atoms with Crippen LogP contribution in [0.2, 0.25) is 0 Å². The first-order valence-corrected chi connectivity index (χ1v) is 14.5. The van der Waals surface area contributed by atoms with E-state index >= 15 is 0 Å². The molecule has 1 heterocycles. The van der Waals surface area contributed by atoms with Crippen LogP contribution < -0.4 is 0 Å². The Bertz CT molecular complexity index is 863. The molecule has 0 aromatic rings. The van der Waals surface area contributed by atoms with Gasteiger partial charge in [-0.2, -0.15) is 0 Å². The number of rotatable bonds is 2. The summed E-state index contributed by atoms with van der Waals surface area (Å²) in [6.45, 7) is 21.3. The second kappa shape index (κ2) is 7.33. The Kier molecular flexibility index (Phi) is 5.45. The molecule has 0 bridgehead atoms. The summed E-state index contributed by atoms with van der Waals surface area (Å²) >= 11 is 0. The van der Waals surface area contributed by atoms with Gasteiger partial charge in [0.2, 0.25) is 0 Å². The van der Waals surface area contributed by atoms with E-state index in [4.69, 9.17) is 4.74 Å². The van der Waals surface area contributed by atoms with Crippen molar-refractivity contribution in [2.75, 3.05) is 0 Å². The van der Waals surface area contributed by atoms with E-state index in [1.807, 2.05) is 0 Å². The predicted molar refractivity (Wildman–Crippen MR) is 137 cm³/mol. The number of ketones is 1. The van der Waals surface area contributed by atoms with Crippen molar-refractivity contribution in [1.29, 1.82) is 0 Å². The molecule has 1 saturated heterocycles. The van der Waals surface area contributed by atoms with Gasteiger partial charge in [0, 0.05) is 11.8 Å². The maximum Gasteiger partial charge on any atom is 0.138 e. The van der Waals surface area contributed by atoms with Crippen molar-refractivity contribution >= 4 is 5.78 Å². The highest BCUT2D eigenvalue weighted by Crippen LogP contribution is 2.76. The average molecular weight is 473 g/mol. The minimum atomic E-state index is -0.276. The lowest BCUT2D eigenvalue weighted by atomic mass is 9.35. The summed E-state index contributed by atoms with van der Waals surface area (Å²) in [5, 5.41) is 12.0. The molecule has 0 amide bonds. The van der Waals surface area contributed by atoms with Gasteiger partial charge in [-0.3, -0.25) is 4.79 Å². The van der Waals surface area contributed by atoms with E-state index in [9.17, 15) is 9.90 Å². The minimum Gasteiger partial charge on any atom is -0.393 e. The Hall–Kier alpha value is -0.410. The lowest BCUT2D eigenvalue weighted by molar-refractivity contribution is -0.243. The van der Waals surface area contributed by atoms with E-state index in [1.54, 1.807) is 0 Å². The molecule has 4 saturated carbocycles. The summed E-state index contributed by atoms with van der Waals surface area (Å²) in [7, 11) is 0. The fraction of sp³-hybridized carbons (Fsp3) is 0.968. The fourth-order valence-corrected chi connectivity index (χ4v) is 11.1. The molecule has 5 fully saturated rings. The van der Waals surface area contributed by atoms with Crippen LogP contribution in [0.15, 0.2) is 0 Å². The van der Waals surface area contributed by atoms with Crippen molar-refractivity contribution in [2.45, 2.75) is 137 Å². The summed E-state index contributed by atoms with van der Waals surface area (Å²) in [4.78, 5) is 12.9. The lowest BCUT2D eigenvalue weighted by Crippen LogP contribution is -2.67. The molecule has 1 aliphatic heterocycles. The highest BCUT2D eigenvalue weighted by atomic mass is 16.5. The zero-order valence-corrected chi connectivity index (χ0v) is 23.6. The van der Waals surface area contributed by atoms with Gasteiger partial charge in [-0.1, -0.05) is 48.5 Å². The number of ether oxygens (including phenoxy) is 1. The van der Waals surface area contributed by atoms with E-state index in [0.29, 0.717) is 35.9 Å². The van der Waals surface area contributed by atoms with E-state index in [2.05, 4.69) is 62.3 Å². The first-order chi connectivity index (χ1) is 15.6. The number of fused-ring (bicyclic) bond motifs is 5. The molecule has 10 atom stereocenters. The number of hydrogen-bond donors (Lipinski definition) is 1. The molecule has 0 spiro atoms. The first kappa shape index (κ1) is 25.2. The van der Waals surface area contributed by atoms with Gasteiger partial charge >= 0.3 is 0 Å². The highest BCUT2D eigenvalue weighted by Gasteiger charge is 2.72. The predicted octanol–water partition coefficient (Wildman–Crippen LogP) is 7.20. The number of carbonyl (C=O) groups is 1. The lowest BCUT2D eigenvalue weighted by Gasteiger charge is -2.70.